The standard InChI is InChI=1S/C30H33FN4O4/c1-37-21-12-13-29(39-3)23(18-21)27-19-25(22-8-4-7-11-28(22)38-2)32-35(27)30(36)20-33-14-16-34(17-15-33)26-10-6-5-9-24(26)31/h4-13,18,27H,14-17,19-20H2,1-3H3. The minimum Gasteiger partial charge on any atom is -0.497 e. The number of carbonyl (C=O) groups is 1. The van der Waals surface area contributed by atoms with Gasteiger partial charge in [-0.2, -0.15) is 5.10 Å². The second kappa shape index (κ2) is 11.7. The van der Waals surface area contributed by atoms with Gasteiger partial charge in [-0.25, -0.2) is 9.40 Å². The van der Waals surface area contributed by atoms with Crippen LogP contribution in [0, 0.1) is 5.82 Å². The number of hydrogen-bond acceptors (Lipinski definition) is 7. The molecule has 2 aliphatic heterocycles. The van der Waals surface area contributed by atoms with Gasteiger partial charge in [0.05, 0.1) is 45.3 Å². The summed E-state index contributed by atoms with van der Waals surface area (Å²) in [5.74, 6) is 1.69. The van der Waals surface area contributed by atoms with Gasteiger partial charge in [-0.3, -0.25) is 9.69 Å². The van der Waals surface area contributed by atoms with Gasteiger partial charge in [-0.15, -0.1) is 0 Å². The van der Waals surface area contributed by atoms with Crippen LogP contribution >= 0.6 is 0 Å². The summed E-state index contributed by atoms with van der Waals surface area (Å²) in [7, 11) is 4.85. The number of nitrogens with zero attached hydrogens (tertiary/aromatic N) is 4. The number of para-hydroxylation sites is 2. The number of hydrazone groups is 1. The summed E-state index contributed by atoms with van der Waals surface area (Å²) in [5.41, 5.74) is 3.03. The Morgan fingerprint density at radius 1 is 0.897 bits per heavy atom. The Morgan fingerprint density at radius 2 is 1.62 bits per heavy atom. The Kier molecular flexibility index (Phi) is 7.97. The van der Waals surface area contributed by atoms with Crippen molar-refractivity contribution < 1.29 is 23.4 Å². The van der Waals surface area contributed by atoms with E-state index in [1.54, 1.807) is 38.5 Å². The van der Waals surface area contributed by atoms with Crippen molar-refractivity contribution in [1.29, 1.82) is 0 Å². The highest BCUT2D eigenvalue weighted by Gasteiger charge is 2.36. The zero-order chi connectivity index (χ0) is 27.4. The fraction of sp³-hybridized carbons (Fsp3) is 0.333. The van der Waals surface area contributed by atoms with Crippen LogP contribution in [0.3, 0.4) is 0 Å². The molecule has 0 aliphatic carbocycles. The number of piperazine rings is 1. The molecule has 1 unspecified atom stereocenters. The number of anilines is 1. The average molecular weight is 533 g/mol. The van der Waals surface area contributed by atoms with Crippen LogP contribution in [0.4, 0.5) is 10.1 Å². The molecule has 1 amide bonds. The molecule has 2 aliphatic rings. The van der Waals surface area contributed by atoms with Gasteiger partial charge in [0.15, 0.2) is 0 Å². The molecular weight excluding hydrogens is 499 g/mol. The number of carbonyl (C=O) groups excluding carboxylic acids is 1. The molecule has 1 atom stereocenters. The second-order valence-corrected chi connectivity index (χ2v) is 9.53. The lowest BCUT2D eigenvalue weighted by Gasteiger charge is -2.36. The van der Waals surface area contributed by atoms with E-state index in [0.29, 0.717) is 55.5 Å². The van der Waals surface area contributed by atoms with Crippen LogP contribution in [0.25, 0.3) is 0 Å². The van der Waals surface area contributed by atoms with Crippen LogP contribution in [-0.2, 0) is 4.79 Å². The zero-order valence-electron chi connectivity index (χ0n) is 22.5. The number of hydrogen-bond donors (Lipinski definition) is 0. The summed E-state index contributed by atoms with van der Waals surface area (Å²) >= 11 is 0. The third-order valence-corrected chi connectivity index (χ3v) is 7.30. The highest BCUT2D eigenvalue weighted by molar-refractivity contribution is 6.05. The van der Waals surface area contributed by atoms with E-state index < -0.39 is 0 Å². The van der Waals surface area contributed by atoms with E-state index in [2.05, 4.69) is 4.90 Å². The summed E-state index contributed by atoms with van der Waals surface area (Å²) in [6, 6.07) is 19.7. The Hall–Kier alpha value is -4.11. The van der Waals surface area contributed by atoms with E-state index in [-0.39, 0.29) is 24.3 Å². The van der Waals surface area contributed by atoms with Crippen LogP contribution in [-0.4, -0.2) is 75.6 Å². The minimum absolute atomic E-state index is 0.117. The van der Waals surface area contributed by atoms with Gasteiger partial charge in [0.25, 0.3) is 5.91 Å². The number of halogens is 1. The lowest BCUT2D eigenvalue weighted by atomic mass is 9.97. The minimum atomic E-state index is -0.373. The quantitative estimate of drug-likeness (QED) is 0.430. The van der Waals surface area contributed by atoms with Crippen LogP contribution in [0.2, 0.25) is 0 Å². The molecule has 1 fully saturated rings. The lowest BCUT2D eigenvalue weighted by molar-refractivity contribution is -0.134. The summed E-state index contributed by atoms with van der Waals surface area (Å²) in [6.07, 6.45) is 0.497. The van der Waals surface area contributed by atoms with E-state index in [1.807, 2.05) is 53.4 Å². The number of methoxy groups -OCH3 is 3. The predicted molar refractivity (Wildman–Crippen MR) is 148 cm³/mol. The third kappa shape index (κ3) is 5.54. The van der Waals surface area contributed by atoms with E-state index in [4.69, 9.17) is 19.3 Å². The van der Waals surface area contributed by atoms with Crippen molar-refractivity contribution in [2.45, 2.75) is 12.5 Å². The van der Waals surface area contributed by atoms with Crippen molar-refractivity contribution in [2.24, 2.45) is 5.10 Å². The summed E-state index contributed by atoms with van der Waals surface area (Å²) < 4.78 is 31.0. The Labute approximate surface area is 228 Å². The molecule has 0 saturated carbocycles. The first-order chi connectivity index (χ1) is 19.0. The molecule has 9 heteroatoms. The molecule has 0 N–H and O–H groups in total. The monoisotopic (exact) mass is 532 g/mol. The van der Waals surface area contributed by atoms with Crippen molar-refractivity contribution in [3.05, 3.63) is 83.7 Å². The summed E-state index contributed by atoms with van der Waals surface area (Å²) in [5, 5.41) is 6.40. The van der Waals surface area contributed by atoms with Crippen molar-refractivity contribution >= 4 is 17.3 Å². The van der Waals surface area contributed by atoms with Crippen molar-refractivity contribution in [1.82, 2.24) is 9.91 Å². The van der Waals surface area contributed by atoms with Gasteiger partial charge in [0.1, 0.15) is 23.1 Å². The lowest BCUT2D eigenvalue weighted by Crippen LogP contribution is -2.49. The van der Waals surface area contributed by atoms with Gasteiger partial charge >= 0.3 is 0 Å². The maximum Gasteiger partial charge on any atom is 0.257 e. The molecule has 5 rings (SSSR count). The fourth-order valence-corrected chi connectivity index (χ4v) is 5.25. The third-order valence-electron chi connectivity index (χ3n) is 7.30. The summed E-state index contributed by atoms with van der Waals surface area (Å²) in [4.78, 5) is 17.9. The smallest absolute Gasteiger partial charge is 0.257 e. The first kappa shape index (κ1) is 26.5. The maximum atomic E-state index is 14.3. The first-order valence-electron chi connectivity index (χ1n) is 13.0. The Morgan fingerprint density at radius 3 is 2.33 bits per heavy atom. The zero-order valence-corrected chi connectivity index (χ0v) is 22.5. The SMILES string of the molecule is COc1ccc(OC)c(C2CC(c3ccccc3OC)=NN2C(=O)CN2CCN(c3ccccc3F)CC2)c1. The molecule has 3 aromatic rings. The molecule has 8 nitrogen and oxygen atoms in total. The van der Waals surface area contributed by atoms with Crippen LogP contribution in [0.1, 0.15) is 23.6 Å². The second-order valence-electron chi connectivity index (χ2n) is 9.53. The van der Waals surface area contributed by atoms with Gasteiger partial charge in [0.2, 0.25) is 0 Å². The van der Waals surface area contributed by atoms with Gasteiger partial charge in [-0.1, -0.05) is 24.3 Å². The predicted octanol–water partition coefficient (Wildman–Crippen LogP) is 4.35. The molecule has 204 valence electrons. The van der Waals surface area contributed by atoms with E-state index in [9.17, 15) is 9.18 Å². The highest BCUT2D eigenvalue weighted by atomic mass is 19.1. The molecule has 39 heavy (non-hydrogen) atoms. The van der Waals surface area contributed by atoms with E-state index in [1.165, 1.54) is 6.07 Å². The van der Waals surface area contributed by atoms with Gasteiger partial charge < -0.3 is 19.1 Å². The molecule has 0 radical (unpaired) electrons. The largest absolute Gasteiger partial charge is 0.497 e. The van der Waals surface area contributed by atoms with Crippen LogP contribution in [0.5, 0.6) is 17.2 Å². The number of rotatable bonds is 8. The number of amides is 1. The number of ether oxygens (including phenoxy) is 3. The average Bonchev–Trinajstić information content (AvgIpc) is 3.43. The van der Waals surface area contributed by atoms with Crippen LogP contribution in [0.15, 0.2) is 71.8 Å². The normalized spacial score (nSPS) is 17.6. The molecular formula is C30H33FN4O4. The highest BCUT2D eigenvalue weighted by Crippen LogP contribution is 2.40. The Bertz CT molecular complexity index is 1360. The topological polar surface area (TPSA) is 66.8 Å². The van der Waals surface area contributed by atoms with Crippen LogP contribution < -0.4 is 19.1 Å². The van der Waals surface area contributed by atoms with Crippen molar-refractivity contribution in [3.8, 4) is 17.2 Å². The maximum absolute atomic E-state index is 14.3. The molecule has 3 aromatic carbocycles. The molecule has 0 spiro atoms. The first-order valence-corrected chi connectivity index (χ1v) is 13.0. The fourth-order valence-electron chi connectivity index (χ4n) is 5.25. The van der Waals surface area contributed by atoms with Gasteiger partial charge in [0, 0.05) is 43.7 Å². The molecule has 0 aromatic heterocycles. The number of benzene rings is 3. The molecule has 1 saturated heterocycles. The van der Waals surface area contributed by atoms with Crippen molar-refractivity contribution in [3.63, 3.8) is 0 Å². The van der Waals surface area contributed by atoms with Gasteiger partial charge in [-0.05, 0) is 42.5 Å². The van der Waals surface area contributed by atoms with E-state index >= 15 is 0 Å². The summed E-state index contributed by atoms with van der Waals surface area (Å²) in [6.45, 7) is 2.76. The van der Waals surface area contributed by atoms with E-state index in [0.717, 1.165) is 16.8 Å². The molecule has 0 bridgehead atoms. The Balaban J connectivity index is 1.39. The van der Waals surface area contributed by atoms with Crippen molar-refractivity contribution in [2.75, 3.05) is 59.0 Å². The molecule has 2 heterocycles.